The van der Waals surface area contributed by atoms with E-state index in [2.05, 4.69) is 34.0 Å². The van der Waals surface area contributed by atoms with Crippen molar-refractivity contribution in [2.75, 3.05) is 16.8 Å². The van der Waals surface area contributed by atoms with E-state index in [1.54, 1.807) is 4.90 Å². The van der Waals surface area contributed by atoms with Gasteiger partial charge in [0.05, 0.1) is 5.69 Å². The van der Waals surface area contributed by atoms with Crippen LogP contribution in [0.5, 0.6) is 0 Å². The standard InChI is InChI=1S/C15H13IN2O/c16-12-6-2-3-7-13(12)17-15(19)18-10-9-11-5-1-4-8-14(11)18/h1-8H,9-10H2,(H,17,19). The van der Waals surface area contributed by atoms with E-state index in [1.807, 2.05) is 42.5 Å². The number of rotatable bonds is 1. The number of nitrogens with one attached hydrogen (secondary N) is 1. The number of nitrogens with zero attached hydrogens (tertiary/aromatic N) is 1. The molecule has 0 bridgehead atoms. The lowest BCUT2D eigenvalue weighted by Gasteiger charge is -2.18. The Morgan fingerprint density at radius 1 is 1.11 bits per heavy atom. The zero-order valence-electron chi connectivity index (χ0n) is 10.3. The minimum Gasteiger partial charge on any atom is -0.306 e. The fourth-order valence-corrected chi connectivity index (χ4v) is 2.82. The maximum absolute atomic E-state index is 12.3. The summed E-state index contributed by atoms with van der Waals surface area (Å²) in [5, 5.41) is 2.97. The molecule has 1 aliphatic heterocycles. The van der Waals surface area contributed by atoms with Gasteiger partial charge in [-0.15, -0.1) is 0 Å². The second kappa shape index (κ2) is 5.21. The van der Waals surface area contributed by atoms with E-state index in [0.717, 1.165) is 27.9 Å². The number of carbonyl (C=O) groups excluding carboxylic acids is 1. The molecule has 0 saturated carbocycles. The van der Waals surface area contributed by atoms with Crippen LogP contribution in [0, 0.1) is 3.57 Å². The molecule has 1 N–H and O–H groups in total. The van der Waals surface area contributed by atoms with Crippen molar-refractivity contribution in [2.24, 2.45) is 0 Å². The first-order chi connectivity index (χ1) is 9.25. The first-order valence-electron chi connectivity index (χ1n) is 6.16. The topological polar surface area (TPSA) is 32.3 Å². The summed E-state index contributed by atoms with van der Waals surface area (Å²) in [6.45, 7) is 0.745. The maximum atomic E-state index is 12.3. The highest BCUT2D eigenvalue weighted by atomic mass is 127. The van der Waals surface area contributed by atoms with Crippen LogP contribution in [0.4, 0.5) is 16.2 Å². The number of hydrogen-bond donors (Lipinski definition) is 1. The van der Waals surface area contributed by atoms with E-state index in [4.69, 9.17) is 0 Å². The van der Waals surface area contributed by atoms with Crippen LogP contribution < -0.4 is 10.2 Å². The molecule has 0 atom stereocenters. The Hall–Kier alpha value is -1.56. The van der Waals surface area contributed by atoms with E-state index < -0.39 is 0 Å². The molecule has 2 aromatic carbocycles. The number of amides is 2. The molecule has 1 aliphatic rings. The van der Waals surface area contributed by atoms with Gasteiger partial charge in [-0.05, 0) is 52.8 Å². The highest BCUT2D eigenvalue weighted by Gasteiger charge is 2.24. The van der Waals surface area contributed by atoms with Crippen LogP contribution in [0.1, 0.15) is 5.56 Å². The molecule has 0 aromatic heterocycles. The Labute approximate surface area is 125 Å². The third-order valence-electron chi connectivity index (χ3n) is 3.25. The molecule has 2 amide bonds. The second-order valence-corrected chi connectivity index (χ2v) is 5.60. The zero-order valence-corrected chi connectivity index (χ0v) is 12.4. The number of para-hydroxylation sites is 2. The van der Waals surface area contributed by atoms with Crippen LogP contribution in [0.15, 0.2) is 48.5 Å². The Bertz CT molecular complexity index is 627. The van der Waals surface area contributed by atoms with Crippen LogP contribution in [-0.2, 0) is 6.42 Å². The molecule has 96 valence electrons. The summed E-state index contributed by atoms with van der Waals surface area (Å²) in [7, 11) is 0. The molecule has 19 heavy (non-hydrogen) atoms. The minimum atomic E-state index is -0.0610. The summed E-state index contributed by atoms with van der Waals surface area (Å²) in [5.41, 5.74) is 3.11. The third kappa shape index (κ3) is 2.45. The summed E-state index contributed by atoms with van der Waals surface area (Å²) in [5.74, 6) is 0. The zero-order chi connectivity index (χ0) is 13.2. The lowest BCUT2D eigenvalue weighted by Crippen LogP contribution is -2.33. The molecule has 3 nitrogen and oxygen atoms in total. The van der Waals surface area contributed by atoms with Crippen molar-refractivity contribution in [3.8, 4) is 0 Å². The molecule has 0 aliphatic carbocycles. The van der Waals surface area contributed by atoms with Gasteiger partial charge in [0.15, 0.2) is 0 Å². The van der Waals surface area contributed by atoms with Crippen molar-refractivity contribution >= 4 is 40.0 Å². The van der Waals surface area contributed by atoms with Gasteiger partial charge in [-0.1, -0.05) is 30.3 Å². The predicted molar refractivity (Wildman–Crippen MR) is 85.7 cm³/mol. The molecule has 0 radical (unpaired) electrons. The van der Waals surface area contributed by atoms with E-state index >= 15 is 0 Å². The van der Waals surface area contributed by atoms with Crippen molar-refractivity contribution in [3.05, 3.63) is 57.7 Å². The van der Waals surface area contributed by atoms with Crippen molar-refractivity contribution in [1.29, 1.82) is 0 Å². The molecule has 0 spiro atoms. The van der Waals surface area contributed by atoms with E-state index in [9.17, 15) is 4.79 Å². The van der Waals surface area contributed by atoms with Gasteiger partial charge in [0, 0.05) is 15.8 Å². The number of urea groups is 1. The van der Waals surface area contributed by atoms with E-state index in [-0.39, 0.29) is 6.03 Å². The van der Waals surface area contributed by atoms with Gasteiger partial charge >= 0.3 is 6.03 Å². The molecule has 0 unspecified atom stereocenters. The average molecular weight is 364 g/mol. The van der Waals surface area contributed by atoms with Crippen LogP contribution in [0.3, 0.4) is 0 Å². The SMILES string of the molecule is O=C(Nc1ccccc1I)N1CCc2ccccc21. The largest absolute Gasteiger partial charge is 0.326 e. The number of carbonyl (C=O) groups is 1. The Kier molecular flexibility index (Phi) is 3.42. The maximum Gasteiger partial charge on any atom is 0.326 e. The molecular formula is C15H13IN2O. The molecule has 0 saturated heterocycles. The van der Waals surface area contributed by atoms with Gasteiger partial charge in [0.1, 0.15) is 0 Å². The van der Waals surface area contributed by atoms with Gasteiger partial charge in [-0.2, -0.15) is 0 Å². The first kappa shape index (κ1) is 12.5. The minimum absolute atomic E-state index is 0.0610. The summed E-state index contributed by atoms with van der Waals surface area (Å²) in [4.78, 5) is 14.1. The monoisotopic (exact) mass is 364 g/mol. The van der Waals surface area contributed by atoms with E-state index in [1.165, 1.54) is 5.56 Å². The molecule has 0 fully saturated rings. The summed E-state index contributed by atoms with van der Waals surface area (Å²) in [6, 6.07) is 15.8. The fraction of sp³-hybridized carbons (Fsp3) is 0.133. The van der Waals surface area contributed by atoms with Crippen molar-refractivity contribution in [2.45, 2.75) is 6.42 Å². The first-order valence-corrected chi connectivity index (χ1v) is 7.24. The average Bonchev–Trinajstić information content (AvgIpc) is 2.85. The number of benzene rings is 2. The smallest absolute Gasteiger partial charge is 0.306 e. The second-order valence-electron chi connectivity index (χ2n) is 4.44. The summed E-state index contributed by atoms with van der Waals surface area (Å²) < 4.78 is 1.04. The fourth-order valence-electron chi connectivity index (χ4n) is 2.29. The lowest BCUT2D eigenvalue weighted by molar-refractivity contribution is 0.257. The van der Waals surface area contributed by atoms with Crippen molar-refractivity contribution in [3.63, 3.8) is 0 Å². The number of hydrogen-bond acceptors (Lipinski definition) is 1. The normalized spacial score (nSPS) is 13.2. The Balaban J connectivity index is 1.81. The highest BCUT2D eigenvalue weighted by molar-refractivity contribution is 14.1. The van der Waals surface area contributed by atoms with Gasteiger partial charge in [-0.3, -0.25) is 4.90 Å². The third-order valence-corrected chi connectivity index (χ3v) is 4.19. The quantitative estimate of drug-likeness (QED) is 0.766. The molecule has 4 heteroatoms. The Morgan fingerprint density at radius 2 is 1.84 bits per heavy atom. The number of fused-ring (bicyclic) bond motifs is 1. The van der Waals surface area contributed by atoms with Gasteiger partial charge in [-0.25, -0.2) is 4.79 Å². The van der Waals surface area contributed by atoms with Gasteiger partial charge in [0.2, 0.25) is 0 Å². The highest BCUT2D eigenvalue weighted by Crippen LogP contribution is 2.28. The van der Waals surface area contributed by atoms with Crippen LogP contribution in [0.25, 0.3) is 0 Å². The number of anilines is 2. The molecule has 2 aromatic rings. The van der Waals surface area contributed by atoms with Crippen LogP contribution in [-0.4, -0.2) is 12.6 Å². The molecule has 3 rings (SSSR count). The summed E-state index contributed by atoms with van der Waals surface area (Å²) in [6.07, 6.45) is 0.926. The Morgan fingerprint density at radius 3 is 2.68 bits per heavy atom. The van der Waals surface area contributed by atoms with Gasteiger partial charge in [0.25, 0.3) is 0 Å². The predicted octanol–water partition coefficient (Wildman–Crippen LogP) is 3.89. The summed E-state index contributed by atoms with van der Waals surface area (Å²) >= 11 is 2.22. The van der Waals surface area contributed by atoms with E-state index in [0.29, 0.717) is 0 Å². The van der Waals surface area contributed by atoms with Crippen molar-refractivity contribution < 1.29 is 4.79 Å². The molecular weight excluding hydrogens is 351 g/mol. The molecule has 1 heterocycles. The van der Waals surface area contributed by atoms with Crippen LogP contribution in [0.2, 0.25) is 0 Å². The lowest BCUT2D eigenvalue weighted by atomic mass is 10.2. The van der Waals surface area contributed by atoms with Gasteiger partial charge < -0.3 is 5.32 Å². The van der Waals surface area contributed by atoms with Crippen molar-refractivity contribution in [1.82, 2.24) is 0 Å². The van der Waals surface area contributed by atoms with Crippen LogP contribution >= 0.6 is 22.6 Å². The number of halogens is 1.